The summed E-state index contributed by atoms with van der Waals surface area (Å²) in [5.74, 6) is -2.20. The summed E-state index contributed by atoms with van der Waals surface area (Å²) < 4.78 is 43.0. The van der Waals surface area contributed by atoms with Crippen molar-refractivity contribution in [1.29, 1.82) is 0 Å². The molecule has 8 heteroatoms. The third kappa shape index (κ3) is 5.45. The molecule has 4 rings (SSSR count). The molecule has 2 saturated heterocycles. The number of piperidine rings is 1. The van der Waals surface area contributed by atoms with Gasteiger partial charge in [-0.1, -0.05) is 32.9 Å². The van der Waals surface area contributed by atoms with Crippen LogP contribution in [0, 0.1) is 28.3 Å². The van der Waals surface area contributed by atoms with E-state index in [1.165, 1.54) is 31.2 Å². The maximum Gasteiger partial charge on any atom is 0.231 e. The highest BCUT2D eigenvalue weighted by atomic mass is 19.1. The fourth-order valence-electron chi connectivity index (χ4n) is 6.81. The first kappa shape index (κ1) is 29.1. The molecule has 212 valence electrons. The van der Waals surface area contributed by atoms with Crippen molar-refractivity contribution in [2.45, 2.75) is 71.8 Å². The Morgan fingerprint density at radius 3 is 2.10 bits per heavy atom. The summed E-state index contributed by atoms with van der Waals surface area (Å²) in [7, 11) is 0. The molecule has 0 aromatic heterocycles. The van der Waals surface area contributed by atoms with E-state index in [9.17, 15) is 22.8 Å². The van der Waals surface area contributed by atoms with Crippen LogP contribution in [-0.4, -0.2) is 42.9 Å². The largest absolute Gasteiger partial charge is 0.347 e. The van der Waals surface area contributed by atoms with Gasteiger partial charge < -0.3 is 15.5 Å². The normalized spacial score (nSPS) is 22.7. The summed E-state index contributed by atoms with van der Waals surface area (Å²) in [6, 6.07) is 8.34. The van der Waals surface area contributed by atoms with Crippen LogP contribution in [0.25, 0.3) is 0 Å². The Kier molecular flexibility index (Phi) is 7.92. The van der Waals surface area contributed by atoms with Crippen LogP contribution in [0.2, 0.25) is 0 Å². The van der Waals surface area contributed by atoms with Crippen LogP contribution in [0.15, 0.2) is 36.4 Å². The van der Waals surface area contributed by atoms with E-state index in [0.717, 1.165) is 17.2 Å². The first-order valence-electron chi connectivity index (χ1n) is 13.7. The van der Waals surface area contributed by atoms with Gasteiger partial charge in [0, 0.05) is 45.1 Å². The van der Waals surface area contributed by atoms with Crippen LogP contribution < -0.4 is 10.6 Å². The Bertz CT molecular complexity index is 1250. The van der Waals surface area contributed by atoms with Gasteiger partial charge in [0.1, 0.15) is 17.5 Å². The Balaban J connectivity index is 1.60. The fraction of sp³-hybridized carbons (Fsp3) is 0.548. The van der Waals surface area contributed by atoms with Gasteiger partial charge in [0.05, 0.1) is 11.0 Å². The number of likely N-dealkylation sites (tertiary alicyclic amines) is 1. The molecular formula is C31H40F3N3O2. The summed E-state index contributed by atoms with van der Waals surface area (Å²) >= 11 is 0. The molecule has 39 heavy (non-hydrogen) atoms. The third-order valence-electron chi connectivity index (χ3n) is 8.80. The minimum absolute atomic E-state index is 0.0231. The Labute approximate surface area is 229 Å². The van der Waals surface area contributed by atoms with E-state index in [1.807, 2.05) is 39.5 Å². The summed E-state index contributed by atoms with van der Waals surface area (Å²) in [5, 5.41) is 6.26. The van der Waals surface area contributed by atoms with Crippen LogP contribution in [0.4, 0.5) is 13.2 Å². The minimum atomic E-state index is -0.910. The van der Waals surface area contributed by atoms with Crippen LogP contribution in [-0.2, 0) is 15.1 Å². The zero-order valence-corrected chi connectivity index (χ0v) is 23.8. The summed E-state index contributed by atoms with van der Waals surface area (Å²) in [5.41, 5.74) is -0.0955. The van der Waals surface area contributed by atoms with E-state index in [0.29, 0.717) is 44.6 Å². The average Bonchev–Trinajstić information content (AvgIpc) is 3.29. The molecule has 2 aromatic carbocycles. The number of rotatable bonds is 5. The lowest BCUT2D eigenvalue weighted by Gasteiger charge is -2.48. The van der Waals surface area contributed by atoms with Crippen molar-refractivity contribution in [3.8, 4) is 0 Å². The van der Waals surface area contributed by atoms with E-state index in [-0.39, 0.29) is 23.5 Å². The van der Waals surface area contributed by atoms with Gasteiger partial charge in [-0.2, -0.15) is 0 Å². The first-order valence-corrected chi connectivity index (χ1v) is 13.7. The molecule has 0 bridgehead atoms. The van der Waals surface area contributed by atoms with Crippen molar-refractivity contribution in [3.05, 3.63) is 70.5 Å². The molecular weight excluding hydrogens is 503 g/mol. The van der Waals surface area contributed by atoms with Crippen LogP contribution in [0.5, 0.6) is 0 Å². The van der Waals surface area contributed by atoms with E-state index >= 15 is 0 Å². The van der Waals surface area contributed by atoms with Crippen molar-refractivity contribution < 1.29 is 22.8 Å². The number of hydrogen-bond donors (Lipinski definition) is 2. The van der Waals surface area contributed by atoms with Gasteiger partial charge >= 0.3 is 0 Å². The third-order valence-corrected chi connectivity index (χ3v) is 8.80. The number of amides is 2. The number of halogens is 3. The average molecular weight is 544 g/mol. The number of carbonyl (C=O) groups is 2. The van der Waals surface area contributed by atoms with Crippen molar-refractivity contribution >= 4 is 11.8 Å². The molecule has 0 unspecified atom stereocenters. The van der Waals surface area contributed by atoms with Gasteiger partial charge in [-0.3, -0.25) is 9.59 Å². The quantitative estimate of drug-likeness (QED) is 0.516. The van der Waals surface area contributed by atoms with E-state index in [1.54, 1.807) is 6.07 Å². The maximum atomic E-state index is 15.0. The highest BCUT2D eigenvalue weighted by Gasteiger charge is 2.58. The highest BCUT2D eigenvalue weighted by Crippen LogP contribution is 2.53. The fourth-order valence-corrected chi connectivity index (χ4v) is 6.81. The van der Waals surface area contributed by atoms with Gasteiger partial charge in [0.2, 0.25) is 11.8 Å². The molecule has 0 spiro atoms. The van der Waals surface area contributed by atoms with Gasteiger partial charge in [0.25, 0.3) is 0 Å². The Morgan fingerprint density at radius 1 is 0.949 bits per heavy atom. The van der Waals surface area contributed by atoms with Crippen molar-refractivity contribution in [1.82, 2.24) is 15.5 Å². The molecule has 2 N–H and O–H groups in total. The minimum Gasteiger partial charge on any atom is -0.347 e. The van der Waals surface area contributed by atoms with Gasteiger partial charge in [0.15, 0.2) is 0 Å². The van der Waals surface area contributed by atoms with E-state index in [2.05, 4.69) is 10.6 Å². The molecule has 2 aliphatic rings. The zero-order chi connectivity index (χ0) is 28.8. The predicted octanol–water partition coefficient (Wildman–Crippen LogP) is 5.60. The standard InChI is InChI=1S/C31H40F3N3O2/c1-19(38)36-30(5,6)25-15-21(32)7-9-23(25)20-11-13-37(14-12-20)28(39)31(29(2,3)4)18-35-17-26(31)24-10-8-22(33)16-27(24)34/h7-10,15-16,20,26,35H,11-14,17-18H2,1-6H3,(H,36,38)/t26-,31+/m0/s1. The lowest BCUT2D eigenvalue weighted by atomic mass is 9.58. The van der Waals surface area contributed by atoms with Crippen molar-refractivity contribution in [2.75, 3.05) is 26.2 Å². The van der Waals surface area contributed by atoms with Crippen LogP contribution in [0.1, 0.15) is 82.9 Å². The molecule has 2 heterocycles. The summed E-state index contributed by atoms with van der Waals surface area (Å²) in [6.45, 7) is 13.0. The lowest BCUT2D eigenvalue weighted by molar-refractivity contribution is -0.150. The molecule has 2 atom stereocenters. The van der Waals surface area contributed by atoms with Crippen molar-refractivity contribution in [3.63, 3.8) is 0 Å². The van der Waals surface area contributed by atoms with Gasteiger partial charge in [-0.15, -0.1) is 0 Å². The second kappa shape index (κ2) is 10.6. The number of hydrogen-bond acceptors (Lipinski definition) is 3. The summed E-state index contributed by atoms with van der Waals surface area (Å²) in [4.78, 5) is 28.1. The molecule has 2 amide bonds. The van der Waals surface area contributed by atoms with Crippen LogP contribution >= 0.6 is 0 Å². The molecule has 0 saturated carbocycles. The lowest BCUT2D eigenvalue weighted by Crippen LogP contribution is -2.56. The first-order chi connectivity index (χ1) is 18.2. The molecule has 0 radical (unpaired) electrons. The monoisotopic (exact) mass is 543 g/mol. The van der Waals surface area contributed by atoms with E-state index in [4.69, 9.17) is 0 Å². The smallest absolute Gasteiger partial charge is 0.231 e. The molecule has 2 fully saturated rings. The topological polar surface area (TPSA) is 61.4 Å². The molecule has 2 aromatic rings. The zero-order valence-electron chi connectivity index (χ0n) is 23.8. The number of nitrogens with one attached hydrogen (secondary N) is 2. The molecule has 5 nitrogen and oxygen atoms in total. The van der Waals surface area contributed by atoms with E-state index < -0.39 is 33.9 Å². The van der Waals surface area contributed by atoms with Gasteiger partial charge in [-0.25, -0.2) is 13.2 Å². The number of benzene rings is 2. The van der Waals surface area contributed by atoms with Gasteiger partial charge in [-0.05, 0) is 72.9 Å². The molecule has 2 aliphatic heterocycles. The highest BCUT2D eigenvalue weighted by molar-refractivity contribution is 5.86. The Morgan fingerprint density at radius 2 is 1.54 bits per heavy atom. The second-order valence-corrected chi connectivity index (χ2v) is 12.7. The second-order valence-electron chi connectivity index (χ2n) is 12.7. The number of nitrogens with zero attached hydrogens (tertiary/aromatic N) is 1. The SMILES string of the molecule is CC(=O)NC(C)(C)c1cc(F)ccc1C1CCN(C(=O)[C@@]2(C(C)(C)C)CNC[C@H]2c2ccc(F)cc2F)CC1. The summed E-state index contributed by atoms with van der Waals surface area (Å²) in [6.07, 6.45) is 1.37. The Hall–Kier alpha value is -2.87. The molecule has 0 aliphatic carbocycles. The maximum absolute atomic E-state index is 15.0. The van der Waals surface area contributed by atoms with Crippen molar-refractivity contribution in [2.24, 2.45) is 10.8 Å². The predicted molar refractivity (Wildman–Crippen MR) is 146 cm³/mol. The van der Waals surface area contributed by atoms with Crippen LogP contribution in [0.3, 0.4) is 0 Å². The number of carbonyl (C=O) groups excluding carboxylic acids is 2.